The number of amides is 1. The second-order valence-corrected chi connectivity index (χ2v) is 6.56. The van der Waals surface area contributed by atoms with Gasteiger partial charge in [-0.05, 0) is 41.3 Å². The molecular formula is C15H20BrN3O2. The molecule has 3 heterocycles. The number of likely N-dealkylation sites (tertiary alicyclic amines) is 1. The number of nitrogens with one attached hydrogen (secondary N) is 1. The van der Waals surface area contributed by atoms with Crippen LogP contribution >= 0.6 is 15.9 Å². The molecule has 5 nitrogen and oxygen atoms in total. The van der Waals surface area contributed by atoms with E-state index in [0.717, 1.165) is 30.3 Å². The first-order valence-electron chi connectivity index (χ1n) is 7.51. The highest BCUT2D eigenvalue weighted by atomic mass is 79.9. The van der Waals surface area contributed by atoms with Crippen molar-refractivity contribution in [1.82, 2.24) is 9.88 Å². The number of anilines is 1. The molecular weight excluding hydrogens is 334 g/mol. The van der Waals surface area contributed by atoms with E-state index in [9.17, 15) is 4.79 Å². The minimum Gasteiger partial charge on any atom is -0.371 e. The molecule has 2 saturated heterocycles. The van der Waals surface area contributed by atoms with Crippen LogP contribution in [-0.2, 0) is 4.74 Å². The van der Waals surface area contributed by atoms with Crippen LogP contribution in [0, 0.1) is 0 Å². The highest BCUT2D eigenvalue weighted by Crippen LogP contribution is 2.28. The molecule has 0 aliphatic carbocycles. The third-order valence-electron chi connectivity index (χ3n) is 3.96. The molecule has 0 aromatic carbocycles. The molecule has 2 fully saturated rings. The van der Waals surface area contributed by atoms with Crippen LogP contribution in [0.25, 0.3) is 0 Å². The number of halogens is 1. The van der Waals surface area contributed by atoms with E-state index in [4.69, 9.17) is 4.74 Å². The zero-order chi connectivity index (χ0) is 14.8. The molecule has 1 aromatic rings. The second kappa shape index (κ2) is 6.32. The molecule has 1 amide bonds. The van der Waals surface area contributed by atoms with Crippen LogP contribution in [0.5, 0.6) is 0 Å². The monoisotopic (exact) mass is 353 g/mol. The normalized spacial score (nSPS) is 24.2. The van der Waals surface area contributed by atoms with Crippen molar-refractivity contribution in [2.24, 2.45) is 0 Å². The summed E-state index contributed by atoms with van der Waals surface area (Å²) < 4.78 is 6.62. The summed E-state index contributed by atoms with van der Waals surface area (Å²) in [4.78, 5) is 19.1. The lowest BCUT2D eigenvalue weighted by Crippen LogP contribution is -2.46. The lowest BCUT2D eigenvalue weighted by atomic mass is 10.2. The average Bonchev–Trinajstić information content (AvgIpc) is 2.83. The van der Waals surface area contributed by atoms with Crippen LogP contribution in [0.15, 0.2) is 16.7 Å². The maximum atomic E-state index is 12.8. The Hall–Kier alpha value is -1.14. The van der Waals surface area contributed by atoms with Gasteiger partial charge >= 0.3 is 0 Å². The Bertz CT molecular complexity index is 526. The molecule has 0 saturated carbocycles. The van der Waals surface area contributed by atoms with Crippen molar-refractivity contribution in [3.8, 4) is 0 Å². The molecule has 21 heavy (non-hydrogen) atoms. The van der Waals surface area contributed by atoms with Crippen LogP contribution in [0.4, 0.5) is 5.82 Å². The summed E-state index contributed by atoms with van der Waals surface area (Å²) in [6.07, 6.45) is 5.25. The number of ether oxygens (including phenoxy) is 1. The van der Waals surface area contributed by atoms with Gasteiger partial charge in [0, 0.05) is 30.3 Å². The van der Waals surface area contributed by atoms with E-state index in [1.54, 1.807) is 6.20 Å². The SMILES string of the molecule is CCCNc1ncc(Br)cc1C(=O)N1CC2CCC(C1)O2. The van der Waals surface area contributed by atoms with E-state index in [2.05, 4.69) is 33.2 Å². The van der Waals surface area contributed by atoms with Gasteiger partial charge in [-0.1, -0.05) is 6.92 Å². The number of hydrogen-bond acceptors (Lipinski definition) is 4. The molecule has 0 radical (unpaired) electrons. The Morgan fingerprint density at radius 3 is 2.86 bits per heavy atom. The minimum atomic E-state index is 0.0441. The average molecular weight is 354 g/mol. The summed E-state index contributed by atoms with van der Waals surface area (Å²) in [6, 6.07) is 1.85. The first-order chi connectivity index (χ1) is 10.2. The van der Waals surface area contributed by atoms with Crippen molar-refractivity contribution >= 4 is 27.7 Å². The summed E-state index contributed by atoms with van der Waals surface area (Å²) >= 11 is 3.41. The number of pyridine rings is 1. The highest BCUT2D eigenvalue weighted by molar-refractivity contribution is 9.10. The van der Waals surface area contributed by atoms with Gasteiger partial charge in [0.25, 0.3) is 5.91 Å². The number of morpholine rings is 1. The van der Waals surface area contributed by atoms with Gasteiger partial charge in [-0.15, -0.1) is 0 Å². The van der Waals surface area contributed by atoms with E-state index in [1.165, 1.54) is 0 Å². The van der Waals surface area contributed by atoms with Crippen LogP contribution < -0.4 is 5.32 Å². The molecule has 2 unspecified atom stereocenters. The van der Waals surface area contributed by atoms with Crippen LogP contribution in [0.3, 0.4) is 0 Å². The van der Waals surface area contributed by atoms with Gasteiger partial charge in [0.05, 0.1) is 17.8 Å². The van der Waals surface area contributed by atoms with Gasteiger partial charge < -0.3 is 15.0 Å². The van der Waals surface area contributed by atoms with Crippen molar-refractivity contribution in [3.63, 3.8) is 0 Å². The molecule has 114 valence electrons. The molecule has 2 atom stereocenters. The first kappa shape index (κ1) is 14.8. The van der Waals surface area contributed by atoms with Gasteiger partial charge in [-0.25, -0.2) is 4.98 Å². The summed E-state index contributed by atoms with van der Waals surface area (Å²) in [5.74, 6) is 0.714. The first-order valence-corrected chi connectivity index (χ1v) is 8.31. The van der Waals surface area contributed by atoms with Gasteiger partial charge in [-0.2, -0.15) is 0 Å². The Balaban J connectivity index is 1.81. The van der Waals surface area contributed by atoms with Crippen molar-refractivity contribution in [2.45, 2.75) is 38.4 Å². The predicted molar refractivity (Wildman–Crippen MR) is 84.5 cm³/mol. The van der Waals surface area contributed by atoms with E-state index in [1.807, 2.05) is 11.0 Å². The lowest BCUT2D eigenvalue weighted by Gasteiger charge is -2.32. The molecule has 0 spiro atoms. The smallest absolute Gasteiger partial charge is 0.257 e. The Labute approximate surface area is 133 Å². The molecule has 2 aliphatic rings. The summed E-state index contributed by atoms with van der Waals surface area (Å²) in [5.41, 5.74) is 0.638. The van der Waals surface area contributed by atoms with Crippen molar-refractivity contribution in [1.29, 1.82) is 0 Å². The van der Waals surface area contributed by atoms with Crippen LogP contribution in [0.1, 0.15) is 36.5 Å². The maximum absolute atomic E-state index is 12.8. The summed E-state index contributed by atoms with van der Waals surface area (Å²) in [5, 5.41) is 3.24. The minimum absolute atomic E-state index is 0.0441. The van der Waals surface area contributed by atoms with E-state index >= 15 is 0 Å². The lowest BCUT2D eigenvalue weighted by molar-refractivity contribution is -0.0303. The fourth-order valence-corrected chi connectivity index (χ4v) is 3.27. The Morgan fingerprint density at radius 1 is 1.48 bits per heavy atom. The predicted octanol–water partition coefficient (Wildman–Crippen LogP) is 2.67. The molecule has 6 heteroatoms. The Morgan fingerprint density at radius 2 is 2.19 bits per heavy atom. The number of carbonyl (C=O) groups excluding carboxylic acids is 1. The van der Waals surface area contributed by atoms with Gasteiger partial charge in [0.15, 0.2) is 0 Å². The fourth-order valence-electron chi connectivity index (χ4n) is 2.94. The van der Waals surface area contributed by atoms with Crippen molar-refractivity contribution in [3.05, 3.63) is 22.3 Å². The van der Waals surface area contributed by atoms with Crippen LogP contribution in [0.2, 0.25) is 0 Å². The number of hydrogen-bond donors (Lipinski definition) is 1. The maximum Gasteiger partial charge on any atom is 0.257 e. The fraction of sp³-hybridized carbons (Fsp3) is 0.600. The van der Waals surface area contributed by atoms with Crippen molar-refractivity contribution in [2.75, 3.05) is 25.0 Å². The number of carbonyl (C=O) groups is 1. The third-order valence-corrected chi connectivity index (χ3v) is 4.39. The zero-order valence-corrected chi connectivity index (χ0v) is 13.7. The number of rotatable bonds is 4. The second-order valence-electron chi connectivity index (χ2n) is 5.64. The topological polar surface area (TPSA) is 54.5 Å². The zero-order valence-electron chi connectivity index (χ0n) is 12.1. The van der Waals surface area contributed by atoms with Crippen LogP contribution in [-0.4, -0.2) is 47.6 Å². The highest BCUT2D eigenvalue weighted by Gasteiger charge is 2.36. The third kappa shape index (κ3) is 3.21. The quantitative estimate of drug-likeness (QED) is 0.903. The van der Waals surface area contributed by atoms with Gasteiger partial charge in [0.2, 0.25) is 0 Å². The summed E-state index contributed by atoms with van der Waals surface area (Å²) in [6.45, 7) is 4.28. The number of nitrogens with zero attached hydrogens (tertiary/aromatic N) is 2. The largest absolute Gasteiger partial charge is 0.371 e. The van der Waals surface area contributed by atoms with Crippen molar-refractivity contribution < 1.29 is 9.53 Å². The molecule has 2 bridgehead atoms. The number of aromatic nitrogens is 1. The van der Waals surface area contributed by atoms with Gasteiger partial charge in [0.1, 0.15) is 5.82 Å². The molecule has 3 rings (SSSR count). The number of fused-ring (bicyclic) bond motifs is 2. The molecule has 2 aliphatic heterocycles. The van der Waals surface area contributed by atoms with E-state index < -0.39 is 0 Å². The van der Waals surface area contributed by atoms with Gasteiger partial charge in [-0.3, -0.25) is 4.79 Å². The summed E-state index contributed by atoms with van der Waals surface area (Å²) in [7, 11) is 0. The van der Waals surface area contributed by atoms with E-state index in [0.29, 0.717) is 24.5 Å². The molecule has 1 N–H and O–H groups in total. The Kier molecular flexibility index (Phi) is 4.45. The standard InChI is InChI=1S/C15H20BrN3O2/c1-2-5-17-14-13(6-10(16)7-18-14)15(20)19-8-11-3-4-12(9-19)21-11/h6-7,11-12H,2-5,8-9H2,1H3,(H,17,18). The van der Waals surface area contributed by atoms with E-state index in [-0.39, 0.29) is 18.1 Å². The molecule has 1 aromatic heterocycles.